The van der Waals surface area contributed by atoms with Gasteiger partial charge in [-0.15, -0.1) is 5.10 Å². The van der Waals surface area contributed by atoms with Crippen LogP contribution in [0.4, 0.5) is 18.3 Å². The van der Waals surface area contributed by atoms with E-state index in [-0.39, 0.29) is 11.7 Å². The average molecular weight is 410 g/mol. The van der Waals surface area contributed by atoms with Crippen LogP contribution in [0, 0.1) is 0 Å². The summed E-state index contributed by atoms with van der Waals surface area (Å²) in [5.74, 6) is 0. The standard InChI is InChI=1S/C18H17F3N4O2S/c1-2-13-9-15(26)25-16(22-13)28-17(23-25)24-7-8-27-14(10-24)11-3-5-12(6-4-11)18(19,20)21/h3-6,9,14H,2,7-8,10H2,1H3. The van der Waals surface area contributed by atoms with Crippen LogP contribution in [-0.2, 0) is 17.3 Å². The number of fused-ring (bicyclic) bond motifs is 1. The van der Waals surface area contributed by atoms with Gasteiger partial charge in [-0.2, -0.15) is 17.7 Å². The summed E-state index contributed by atoms with van der Waals surface area (Å²) in [4.78, 5) is 19.1. The first-order valence-corrected chi connectivity index (χ1v) is 9.60. The molecule has 4 rings (SSSR count). The van der Waals surface area contributed by atoms with Crippen molar-refractivity contribution in [2.75, 3.05) is 24.6 Å². The zero-order valence-electron chi connectivity index (χ0n) is 14.9. The van der Waals surface area contributed by atoms with Gasteiger partial charge in [-0.25, -0.2) is 4.98 Å². The molecule has 3 heterocycles. The molecule has 148 valence electrons. The van der Waals surface area contributed by atoms with Crippen molar-refractivity contribution < 1.29 is 17.9 Å². The Labute approximate surface area is 162 Å². The molecule has 0 bridgehead atoms. The molecule has 1 aromatic carbocycles. The molecule has 0 N–H and O–H groups in total. The highest BCUT2D eigenvalue weighted by Gasteiger charge is 2.31. The number of ether oxygens (including phenoxy) is 1. The van der Waals surface area contributed by atoms with Gasteiger partial charge in [0.05, 0.1) is 18.7 Å². The molecule has 1 aliphatic heterocycles. The number of alkyl halides is 3. The molecule has 1 saturated heterocycles. The van der Waals surface area contributed by atoms with Gasteiger partial charge < -0.3 is 9.64 Å². The zero-order chi connectivity index (χ0) is 19.9. The predicted molar refractivity (Wildman–Crippen MR) is 98.9 cm³/mol. The molecule has 0 aliphatic carbocycles. The molecule has 6 nitrogen and oxygen atoms in total. The van der Waals surface area contributed by atoms with Crippen molar-refractivity contribution in [1.82, 2.24) is 14.6 Å². The van der Waals surface area contributed by atoms with E-state index in [0.29, 0.717) is 47.5 Å². The van der Waals surface area contributed by atoms with Crippen LogP contribution >= 0.6 is 11.3 Å². The lowest BCUT2D eigenvalue weighted by Crippen LogP contribution is -2.38. The van der Waals surface area contributed by atoms with Gasteiger partial charge in [-0.1, -0.05) is 30.4 Å². The molecule has 1 fully saturated rings. The van der Waals surface area contributed by atoms with Crippen molar-refractivity contribution in [3.8, 4) is 0 Å². The zero-order valence-corrected chi connectivity index (χ0v) is 15.8. The Hall–Kier alpha value is -2.46. The van der Waals surface area contributed by atoms with Gasteiger partial charge in [0, 0.05) is 18.3 Å². The second-order valence-corrected chi connectivity index (χ2v) is 7.38. The fourth-order valence-corrected chi connectivity index (χ4v) is 4.03. The van der Waals surface area contributed by atoms with E-state index >= 15 is 0 Å². The lowest BCUT2D eigenvalue weighted by Gasteiger charge is -2.32. The Balaban J connectivity index is 1.58. The van der Waals surface area contributed by atoms with Gasteiger partial charge in [0.15, 0.2) is 0 Å². The molecule has 1 atom stereocenters. The van der Waals surface area contributed by atoms with Crippen molar-refractivity contribution in [2.45, 2.75) is 25.6 Å². The minimum Gasteiger partial charge on any atom is -0.370 e. The summed E-state index contributed by atoms with van der Waals surface area (Å²) in [6.45, 7) is 3.34. The smallest absolute Gasteiger partial charge is 0.370 e. The molecule has 1 unspecified atom stereocenters. The van der Waals surface area contributed by atoms with Gasteiger partial charge >= 0.3 is 6.18 Å². The van der Waals surface area contributed by atoms with Crippen molar-refractivity contribution in [3.05, 3.63) is 57.5 Å². The van der Waals surface area contributed by atoms with Crippen LogP contribution in [-0.4, -0.2) is 34.3 Å². The van der Waals surface area contributed by atoms with Crippen LogP contribution in [0.2, 0.25) is 0 Å². The summed E-state index contributed by atoms with van der Waals surface area (Å²) in [5, 5.41) is 5.00. The van der Waals surface area contributed by atoms with Crippen molar-refractivity contribution >= 4 is 21.4 Å². The fraction of sp³-hybridized carbons (Fsp3) is 0.389. The quantitative estimate of drug-likeness (QED) is 0.663. The number of morpholine rings is 1. The normalized spacial score (nSPS) is 18.0. The van der Waals surface area contributed by atoms with E-state index in [9.17, 15) is 18.0 Å². The summed E-state index contributed by atoms with van der Waals surface area (Å²) in [7, 11) is 0. The van der Waals surface area contributed by atoms with Crippen molar-refractivity contribution in [2.24, 2.45) is 0 Å². The van der Waals surface area contributed by atoms with Gasteiger partial charge in [0.1, 0.15) is 6.10 Å². The second-order valence-electron chi connectivity index (χ2n) is 6.44. The predicted octanol–water partition coefficient (Wildman–Crippen LogP) is 3.31. The maximum absolute atomic E-state index is 12.8. The van der Waals surface area contributed by atoms with Crippen LogP contribution < -0.4 is 10.5 Å². The number of aromatic nitrogens is 3. The average Bonchev–Trinajstić information content (AvgIpc) is 3.12. The van der Waals surface area contributed by atoms with E-state index in [1.807, 2.05) is 11.8 Å². The van der Waals surface area contributed by atoms with Gasteiger partial charge in [0.25, 0.3) is 5.56 Å². The van der Waals surface area contributed by atoms with E-state index < -0.39 is 11.7 Å². The maximum Gasteiger partial charge on any atom is 0.416 e. The van der Waals surface area contributed by atoms with Crippen LogP contribution in [0.25, 0.3) is 4.96 Å². The van der Waals surface area contributed by atoms with E-state index in [1.165, 1.54) is 34.1 Å². The highest BCUT2D eigenvalue weighted by Crippen LogP contribution is 2.32. The molecule has 1 aliphatic rings. The number of hydrogen-bond acceptors (Lipinski definition) is 6. The summed E-state index contributed by atoms with van der Waals surface area (Å²) in [6, 6.07) is 6.47. The molecule has 10 heteroatoms. The van der Waals surface area contributed by atoms with E-state index in [1.54, 1.807) is 0 Å². The largest absolute Gasteiger partial charge is 0.416 e. The third-order valence-electron chi connectivity index (χ3n) is 4.60. The Morgan fingerprint density at radius 1 is 1.29 bits per heavy atom. The van der Waals surface area contributed by atoms with Crippen molar-refractivity contribution in [1.29, 1.82) is 0 Å². The van der Waals surface area contributed by atoms with Crippen molar-refractivity contribution in [3.63, 3.8) is 0 Å². The topological polar surface area (TPSA) is 59.7 Å². The number of aryl methyl sites for hydroxylation is 1. The second kappa shape index (κ2) is 7.17. The lowest BCUT2D eigenvalue weighted by molar-refractivity contribution is -0.137. The first kappa shape index (κ1) is 18.9. The number of benzene rings is 1. The number of nitrogens with zero attached hydrogens (tertiary/aromatic N) is 4. The molecule has 0 spiro atoms. The fourth-order valence-electron chi connectivity index (χ4n) is 3.07. The lowest BCUT2D eigenvalue weighted by atomic mass is 10.1. The Morgan fingerprint density at radius 2 is 2.04 bits per heavy atom. The molecule has 3 aromatic rings. The number of hydrogen-bond donors (Lipinski definition) is 0. The Bertz CT molecular complexity index is 1050. The van der Waals surface area contributed by atoms with E-state index in [0.717, 1.165) is 12.1 Å². The number of anilines is 1. The molecule has 0 radical (unpaired) electrons. The molecule has 0 saturated carbocycles. The first-order chi connectivity index (χ1) is 13.3. The monoisotopic (exact) mass is 410 g/mol. The van der Waals surface area contributed by atoms with Crippen LogP contribution in [0.5, 0.6) is 0 Å². The van der Waals surface area contributed by atoms with E-state index in [2.05, 4.69) is 10.1 Å². The highest BCUT2D eigenvalue weighted by atomic mass is 32.1. The third kappa shape index (κ3) is 3.61. The third-order valence-corrected chi connectivity index (χ3v) is 5.57. The molecule has 28 heavy (non-hydrogen) atoms. The molecular formula is C18H17F3N4O2S. The summed E-state index contributed by atoms with van der Waals surface area (Å²) in [6.07, 6.45) is -4.08. The number of halogens is 3. The SMILES string of the molecule is CCc1cc(=O)n2nc(N3CCOC(c4ccc(C(F)(F)F)cc4)C3)sc2n1. The van der Waals surface area contributed by atoms with Crippen LogP contribution in [0.1, 0.15) is 29.8 Å². The van der Waals surface area contributed by atoms with Gasteiger partial charge in [0.2, 0.25) is 10.1 Å². The van der Waals surface area contributed by atoms with Crippen LogP contribution in [0.15, 0.2) is 35.1 Å². The summed E-state index contributed by atoms with van der Waals surface area (Å²) < 4.78 is 45.3. The minimum atomic E-state index is -4.36. The van der Waals surface area contributed by atoms with E-state index in [4.69, 9.17) is 4.74 Å². The Morgan fingerprint density at radius 3 is 2.71 bits per heavy atom. The Kier molecular flexibility index (Phi) is 4.84. The van der Waals surface area contributed by atoms with Gasteiger partial charge in [-0.05, 0) is 24.1 Å². The van der Waals surface area contributed by atoms with Crippen LogP contribution in [0.3, 0.4) is 0 Å². The minimum absolute atomic E-state index is 0.225. The molecular weight excluding hydrogens is 393 g/mol. The van der Waals surface area contributed by atoms with Gasteiger partial charge in [-0.3, -0.25) is 4.79 Å². The summed E-state index contributed by atoms with van der Waals surface area (Å²) in [5.41, 5.74) is 0.469. The summed E-state index contributed by atoms with van der Waals surface area (Å²) >= 11 is 1.31. The maximum atomic E-state index is 12.8. The first-order valence-electron chi connectivity index (χ1n) is 8.78. The number of rotatable bonds is 3. The molecule has 2 aromatic heterocycles. The molecule has 0 amide bonds. The highest BCUT2D eigenvalue weighted by molar-refractivity contribution is 7.20.